The van der Waals surface area contributed by atoms with E-state index in [-0.39, 0.29) is 5.41 Å². The maximum atomic E-state index is 9.92. The van der Waals surface area contributed by atoms with Gasteiger partial charge in [0.2, 0.25) is 0 Å². The molecule has 0 radical (unpaired) electrons. The number of rotatable bonds is 9. The summed E-state index contributed by atoms with van der Waals surface area (Å²) in [6.07, 6.45) is 1.76. The van der Waals surface area contributed by atoms with Crippen LogP contribution >= 0.6 is 0 Å². The van der Waals surface area contributed by atoms with Gasteiger partial charge < -0.3 is 14.2 Å². The van der Waals surface area contributed by atoms with E-state index in [4.69, 9.17) is 9.26 Å². The molecule has 1 aromatic heterocycles. The fourth-order valence-electron chi connectivity index (χ4n) is 4.60. The molecule has 0 bridgehead atoms. The summed E-state index contributed by atoms with van der Waals surface area (Å²) in [7, 11) is 1.67. The van der Waals surface area contributed by atoms with Crippen molar-refractivity contribution in [2.45, 2.75) is 31.7 Å². The van der Waals surface area contributed by atoms with Crippen LogP contribution in [0.25, 0.3) is 11.3 Å². The van der Waals surface area contributed by atoms with Gasteiger partial charge in [0.15, 0.2) is 5.76 Å². The Hall–Kier alpha value is -3.14. The second kappa shape index (κ2) is 10.7. The van der Waals surface area contributed by atoms with Gasteiger partial charge in [-0.05, 0) is 37.1 Å². The number of hydrogen-bond donors (Lipinski definition) is 0. The molecule has 0 amide bonds. The van der Waals surface area contributed by atoms with Gasteiger partial charge in [0, 0.05) is 37.8 Å². The zero-order valence-corrected chi connectivity index (χ0v) is 19.5. The Balaban J connectivity index is 1.31. The quantitative estimate of drug-likeness (QED) is 0.475. The zero-order valence-electron chi connectivity index (χ0n) is 19.5. The Kier molecular flexibility index (Phi) is 7.43. The number of likely N-dealkylation sites (tertiary alicyclic amines) is 1. The first kappa shape index (κ1) is 23.0. The van der Waals surface area contributed by atoms with Crippen LogP contribution in [-0.4, -0.2) is 54.8 Å². The van der Waals surface area contributed by atoms with Crippen molar-refractivity contribution in [1.82, 2.24) is 15.0 Å². The molecule has 6 nitrogen and oxygen atoms in total. The maximum absolute atomic E-state index is 9.92. The van der Waals surface area contributed by atoms with Crippen molar-refractivity contribution < 1.29 is 9.26 Å². The lowest BCUT2D eigenvalue weighted by molar-refractivity contribution is 0.151. The van der Waals surface area contributed by atoms with Crippen LogP contribution in [0, 0.1) is 11.3 Å². The molecule has 1 saturated heterocycles. The van der Waals surface area contributed by atoms with Gasteiger partial charge in [-0.2, -0.15) is 5.26 Å². The number of nitrogens with zero attached hydrogens (tertiary/aromatic N) is 4. The molecular weight excluding hydrogens is 412 g/mol. The van der Waals surface area contributed by atoms with E-state index in [1.54, 1.807) is 7.11 Å². The first-order chi connectivity index (χ1) is 16.2. The number of nitriles is 1. The summed E-state index contributed by atoms with van der Waals surface area (Å²) >= 11 is 0. The SMILES string of the molecule is CCN(CCN1CCC(C#N)(c2ccccc2)CC1)Cc1cc(-c2ccccc2OC)no1. The largest absolute Gasteiger partial charge is 0.496 e. The van der Waals surface area contributed by atoms with Crippen LogP contribution in [0.2, 0.25) is 0 Å². The molecule has 3 aromatic rings. The standard InChI is InChI=1S/C27H32N4O2/c1-3-30(20-23-19-25(29-33-23)24-11-7-8-12-26(24)32-2)17-18-31-15-13-27(21-28,14-16-31)22-9-5-4-6-10-22/h4-12,19H,3,13-18,20H2,1-2H3. The fourth-order valence-corrected chi connectivity index (χ4v) is 4.60. The molecule has 0 aliphatic carbocycles. The monoisotopic (exact) mass is 444 g/mol. The Labute approximate surface area is 196 Å². The summed E-state index contributed by atoms with van der Waals surface area (Å²) in [6, 6.07) is 22.7. The highest BCUT2D eigenvalue weighted by molar-refractivity contribution is 5.66. The van der Waals surface area contributed by atoms with E-state index in [9.17, 15) is 5.26 Å². The number of piperidine rings is 1. The molecule has 0 saturated carbocycles. The van der Waals surface area contributed by atoms with Crippen molar-refractivity contribution in [3.05, 3.63) is 72.0 Å². The zero-order chi connectivity index (χ0) is 23.1. The summed E-state index contributed by atoms with van der Waals surface area (Å²) in [6.45, 7) is 7.65. The number of hydrogen-bond acceptors (Lipinski definition) is 6. The molecule has 0 N–H and O–H groups in total. The third-order valence-corrected chi connectivity index (χ3v) is 6.75. The summed E-state index contributed by atoms with van der Waals surface area (Å²) < 4.78 is 11.1. The summed E-state index contributed by atoms with van der Waals surface area (Å²) in [4.78, 5) is 4.84. The molecule has 33 heavy (non-hydrogen) atoms. The average molecular weight is 445 g/mol. The first-order valence-electron chi connectivity index (χ1n) is 11.7. The Morgan fingerprint density at radius 2 is 1.85 bits per heavy atom. The Morgan fingerprint density at radius 3 is 2.55 bits per heavy atom. The van der Waals surface area contributed by atoms with Crippen LogP contribution in [0.15, 0.2) is 65.2 Å². The van der Waals surface area contributed by atoms with Crippen molar-refractivity contribution in [3.63, 3.8) is 0 Å². The number of benzene rings is 2. The summed E-state index contributed by atoms with van der Waals surface area (Å²) in [5.74, 6) is 1.64. The minimum Gasteiger partial charge on any atom is -0.496 e. The van der Waals surface area contributed by atoms with E-state index in [2.05, 4.69) is 40.1 Å². The van der Waals surface area contributed by atoms with Gasteiger partial charge in [-0.3, -0.25) is 4.90 Å². The molecule has 2 heterocycles. The molecule has 1 fully saturated rings. The second-order valence-corrected chi connectivity index (χ2v) is 8.65. The number of likely N-dealkylation sites (N-methyl/N-ethyl adjacent to an activating group) is 1. The fraction of sp³-hybridized carbons (Fsp3) is 0.407. The van der Waals surface area contributed by atoms with E-state index in [0.29, 0.717) is 0 Å². The Morgan fingerprint density at radius 1 is 1.12 bits per heavy atom. The van der Waals surface area contributed by atoms with Crippen LogP contribution < -0.4 is 4.74 Å². The normalized spacial score (nSPS) is 15.9. The smallest absolute Gasteiger partial charge is 0.151 e. The van der Waals surface area contributed by atoms with Gasteiger partial charge in [-0.25, -0.2) is 0 Å². The molecule has 6 heteroatoms. The molecule has 1 aliphatic heterocycles. The third kappa shape index (κ3) is 5.27. The van der Waals surface area contributed by atoms with Crippen molar-refractivity contribution in [1.29, 1.82) is 5.26 Å². The van der Waals surface area contributed by atoms with E-state index < -0.39 is 0 Å². The lowest BCUT2D eigenvalue weighted by Gasteiger charge is -2.38. The minimum absolute atomic E-state index is 0.350. The van der Waals surface area contributed by atoms with E-state index >= 15 is 0 Å². The highest BCUT2D eigenvalue weighted by atomic mass is 16.5. The maximum Gasteiger partial charge on any atom is 0.151 e. The minimum atomic E-state index is -0.350. The molecule has 4 rings (SSSR count). The number of para-hydroxylation sites is 1. The first-order valence-corrected chi connectivity index (χ1v) is 11.7. The summed E-state index contributed by atoms with van der Waals surface area (Å²) in [5.41, 5.74) is 2.53. The predicted octanol–water partition coefficient (Wildman–Crippen LogP) is 4.73. The van der Waals surface area contributed by atoms with Crippen LogP contribution in [0.3, 0.4) is 0 Å². The van der Waals surface area contributed by atoms with Crippen LogP contribution in [0.5, 0.6) is 5.75 Å². The van der Waals surface area contributed by atoms with Crippen LogP contribution in [-0.2, 0) is 12.0 Å². The van der Waals surface area contributed by atoms with Crippen molar-refractivity contribution in [3.8, 4) is 23.1 Å². The highest BCUT2D eigenvalue weighted by Crippen LogP contribution is 2.35. The molecule has 2 aromatic carbocycles. The lowest BCUT2D eigenvalue weighted by atomic mass is 9.74. The van der Waals surface area contributed by atoms with E-state index in [1.807, 2.05) is 48.5 Å². The number of aromatic nitrogens is 1. The lowest BCUT2D eigenvalue weighted by Crippen LogP contribution is -2.44. The van der Waals surface area contributed by atoms with E-state index in [0.717, 1.165) is 80.4 Å². The Bertz CT molecular complexity index is 1060. The topological polar surface area (TPSA) is 65.5 Å². The molecular formula is C27H32N4O2. The number of methoxy groups -OCH3 is 1. The van der Waals surface area contributed by atoms with Gasteiger partial charge in [0.05, 0.1) is 25.1 Å². The highest BCUT2D eigenvalue weighted by Gasteiger charge is 2.36. The van der Waals surface area contributed by atoms with Crippen molar-refractivity contribution in [2.24, 2.45) is 0 Å². The predicted molar refractivity (Wildman–Crippen MR) is 129 cm³/mol. The summed E-state index contributed by atoms with van der Waals surface area (Å²) in [5, 5.41) is 14.2. The molecule has 0 spiro atoms. The third-order valence-electron chi connectivity index (χ3n) is 6.75. The van der Waals surface area contributed by atoms with Crippen molar-refractivity contribution in [2.75, 3.05) is 39.8 Å². The second-order valence-electron chi connectivity index (χ2n) is 8.65. The van der Waals surface area contributed by atoms with Crippen molar-refractivity contribution >= 4 is 0 Å². The van der Waals surface area contributed by atoms with Gasteiger partial charge in [-0.15, -0.1) is 0 Å². The molecule has 0 atom stereocenters. The van der Waals surface area contributed by atoms with E-state index in [1.165, 1.54) is 0 Å². The molecule has 0 unspecified atom stereocenters. The van der Waals surface area contributed by atoms with Crippen LogP contribution in [0.4, 0.5) is 0 Å². The van der Waals surface area contributed by atoms with Crippen LogP contribution in [0.1, 0.15) is 31.1 Å². The average Bonchev–Trinajstić information content (AvgIpc) is 3.35. The van der Waals surface area contributed by atoms with Gasteiger partial charge >= 0.3 is 0 Å². The van der Waals surface area contributed by atoms with Gasteiger partial charge in [-0.1, -0.05) is 54.5 Å². The number of ether oxygens (including phenoxy) is 1. The molecule has 172 valence electrons. The molecule has 1 aliphatic rings. The van der Waals surface area contributed by atoms with Gasteiger partial charge in [0.25, 0.3) is 0 Å². The van der Waals surface area contributed by atoms with Gasteiger partial charge in [0.1, 0.15) is 11.4 Å².